The highest BCUT2D eigenvalue weighted by molar-refractivity contribution is 5.22. The Kier molecular flexibility index (Phi) is 4.57. The third-order valence-corrected chi connectivity index (χ3v) is 4.49. The Morgan fingerprint density at radius 2 is 2.09 bits per heavy atom. The van der Waals surface area contributed by atoms with Crippen LogP contribution in [0.15, 0.2) is 36.5 Å². The number of nitrogens with zero attached hydrogens (tertiary/aromatic N) is 3. The molecule has 5 nitrogen and oxygen atoms in total. The number of hydrogen-bond donors (Lipinski definition) is 1. The first-order valence-electron chi connectivity index (χ1n) is 7.69. The molecular formula is C17H23N3O2. The van der Waals surface area contributed by atoms with Crippen LogP contribution < -0.4 is 0 Å². The standard InChI is InChI=1S/C17H23N3O2/c1-13-15(10-18-19(13)2)11-20-8-9-22-16(12-21)17(20)14-6-4-3-5-7-14/h3-7,10,16-17,21H,8-9,11-12H2,1-2H3/t16-,17-/m1/s1. The largest absolute Gasteiger partial charge is 0.394 e. The quantitative estimate of drug-likeness (QED) is 0.933. The third kappa shape index (κ3) is 2.92. The van der Waals surface area contributed by atoms with Crippen LogP contribution in [0.4, 0.5) is 0 Å². The molecular weight excluding hydrogens is 278 g/mol. The lowest BCUT2D eigenvalue weighted by molar-refractivity contribution is -0.0961. The summed E-state index contributed by atoms with van der Waals surface area (Å²) in [5.74, 6) is 0. The minimum atomic E-state index is -0.187. The van der Waals surface area contributed by atoms with E-state index < -0.39 is 0 Å². The Bertz CT molecular complexity index is 612. The summed E-state index contributed by atoms with van der Waals surface area (Å²) >= 11 is 0. The second-order valence-corrected chi connectivity index (χ2v) is 5.80. The lowest BCUT2D eigenvalue weighted by Gasteiger charge is -2.40. The molecule has 2 heterocycles. The van der Waals surface area contributed by atoms with Crippen molar-refractivity contribution >= 4 is 0 Å². The van der Waals surface area contributed by atoms with Crippen LogP contribution in [0.25, 0.3) is 0 Å². The van der Waals surface area contributed by atoms with E-state index >= 15 is 0 Å². The van der Waals surface area contributed by atoms with Gasteiger partial charge >= 0.3 is 0 Å². The van der Waals surface area contributed by atoms with Gasteiger partial charge in [0.15, 0.2) is 0 Å². The molecule has 0 spiro atoms. The van der Waals surface area contributed by atoms with Crippen LogP contribution in [0.3, 0.4) is 0 Å². The van der Waals surface area contributed by atoms with E-state index in [1.54, 1.807) is 0 Å². The van der Waals surface area contributed by atoms with Crippen molar-refractivity contribution in [2.75, 3.05) is 19.8 Å². The molecule has 3 rings (SSSR count). The van der Waals surface area contributed by atoms with Gasteiger partial charge in [0.2, 0.25) is 0 Å². The van der Waals surface area contributed by atoms with Crippen molar-refractivity contribution in [3.8, 4) is 0 Å². The maximum atomic E-state index is 9.70. The molecule has 1 aliphatic heterocycles. The Morgan fingerprint density at radius 1 is 1.32 bits per heavy atom. The van der Waals surface area contributed by atoms with Gasteiger partial charge in [-0.25, -0.2) is 0 Å². The van der Waals surface area contributed by atoms with E-state index in [9.17, 15) is 5.11 Å². The molecule has 1 N–H and O–H groups in total. The van der Waals surface area contributed by atoms with Crippen molar-refractivity contribution < 1.29 is 9.84 Å². The summed E-state index contributed by atoms with van der Waals surface area (Å²) in [6.45, 7) is 4.43. The summed E-state index contributed by atoms with van der Waals surface area (Å²) in [6.07, 6.45) is 1.74. The maximum absolute atomic E-state index is 9.70. The third-order valence-electron chi connectivity index (χ3n) is 4.49. The van der Waals surface area contributed by atoms with Gasteiger partial charge in [-0.15, -0.1) is 0 Å². The van der Waals surface area contributed by atoms with Gasteiger partial charge in [0.05, 0.1) is 25.5 Å². The van der Waals surface area contributed by atoms with E-state index in [0.29, 0.717) is 6.61 Å². The van der Waals surface area contributed by atoms with Crippen LogP contribution in [-0.4, -0.2) is 45.6 Å². The number of morpholine rings is 1. The van der Waals surface area contributed by atoms with Gasteiger partial charge < -0.3 is 9.84 Å². The van der Waals surface area contributed by atoms with E-state index in [0.717, 1.165) is 13.1 Å². The van der Waals surface area contributed by atoms with Gasteiger partial charge in [0, 0.05) is 31.4 Å². The lowest BCUT2D eigenvalue weighted by atomic mass is 9.98. The van der Waals surface area contributed by atoms with E-state index in [1.807, 2.05) is 36.1 Å². The van der Waals surface area contributed by atoms with E-state index in [2.05, 4.69) is 29.1 Å². The summed E-state index contributed by atoms with van der Waals surface area (Å²) in [7, 11) is 1.96. The first-order chi connectivity index (χ1) is 10.7. The van der Waals surface area contributed by atoms with Gasteiger partial charge in [-0.05, 0) is 12.5 Å². The monoisotopic (exact) mass is 301 g/mol. The maximum Gasteiger partial charge on any atom is 0.100 e. The molecule has 0 saturated carbocycles. The molecule has 1 aromatic heterocycles. The molecule has 2 aromatic rings. The van der Waals surface area contributed by atoms with E-state index in [1.165, 1.54) is 16.8 Å². The highest BCUT2D eigenvalue weighted by Crippen LogP contribution is 2.31. The lowest BCUT2D eigenvalue weighted by Crippen LogP contribution is -2.46. The van der Waals surface area contributed by atoms with Crippen molar-refractivity contribution in [2.24, 2.45) is 7.05 Å². The van der Waals surface area contributed by atoms with Crippen LogP contribution >= 0.6 is 0 Å². The molecule has 0 aliphatic carbocycles. The van der Waals surface area contributed by atoms with Crippen LogP contribution in [-0.2, 0) is 18.3 Å². The fourth-order valence-electron chi connectivity index (χ4n) is 3.11. The minimum absolute atomic E-state index is 0.0298. The molecule has 1 aliphatic rings. The van der Waals surface area contributed by atoms with E-state index in [-0.39, 0.29) is 18.8 Å². The minimum Gasteiger partial charge on any atom is -0.394 e. The molecule has 1 aromatic carbocycles. The molecule has 0 radical (unpaired) electrons. The molecule has 5 heteroatoms. The molecule has 118 valence electrons. The summed E-state index contributed by atoms with van der Waals surface area (Å²) in [4.78, 5) is 2.38. The Morgan fingerprint density at radius 3 is 2.73 bits per heavy atom. The summed E-state index contributed by atoms with van der Waals surface area (Å²) in [5.41, 5.74) is 3.59. The first kappa shape index (κ1) is 15.2. The average Bonchev–Trinajstić information content (AvgIpc) is 2.87. The van der Waals surface area contributed by atoms with Crippen molar-refractivity contribution in [1.82, 2.24) is 14.7 Å². The zero-order valence-corrected chi connectivity index (χ0v) is 13.1. The van der Waals surface area contributed by atoms with Crippen molar-refractivity contribution in [3.05, 3.63) is 53.3 Å². The Labute approximate surface area is 131 Å². The van der Waals surface area contributed by atoms with Gasteiger partial charge in [0.1, 0.15) is 6.10 Å². The number of hydrogen-bond acceptors (Lipinski definition) is 4. The zero-order valence-electron chi connectivity index (χ0n) is 13.1. The Hall–Kier alpha value is -1.69. The number of ether oxygens (including phenoxy) is 1. The second-order valence-electron chi connectivity index (χ2n) is 5.80. The van der Waals surface area contributed by atoms with Crippen LogP contribution in [0.5, 0.6) is 0 Å². The summed E-state index contributed by atoms with van der Waals surface area (Å²) < 4.78 is 7.68. The smallest absolute Gasteiger partial charge is 0.100 e. The average molecular weight is 301 g/mol. The number of aryl methyl sites for hydroxylation is 1. The molecule has 0 unspecified atom stereocenters. The van der Waals surface area contributed by atoms with Crippen molar-refractivity contribution in [3.63, 3.8) is 0 Å². The number of benzene rings is 1. The number of aromatic nitrogens is 2. The van der Waals surface area contributed by atoms with Gasteiger partial charge in [-0.3, -0.25) is 9.58 Å². The van der Waals surface area contributed by atoms with Crippen LogP contribution in [0.2, 0.25) is 0 Å². The fraction of sp³-hybridized carbons (Fsp3) is 0.471. The van der Waals surface area contributed by atoms with E-state index in [4.69, 9.17) is 4.74 Å². The molecule has 1 fully saturated rings. The summed E-state index contributed by atoms with van der Waals surface area (Å²) in [5, 5.41) is 14.0. The zero-order chi connectivity index (χ0) is 15.5. The molecule has 2 atom stereocenters. The predicted molar refractivity (Wildman–Crippen MR) is 84.4 cm³/mol. The Balaban J connectivity index is 1.88. The highest BCUT2D eigenvalue weighted by Gasteiger charge is 2.33. The molecule has 0 bridgehead atoms. The molecule has 0 amide bonds. The van der Waals surface area contributed by atoms with Gasteiger partial charge in [-0.2, -0.15) is 5.10 Å². The molecule has 22 heavy (non-hydrogen) atoms. The van der Waals surface area contributed by atoms with Crippen LogP contribution in [0, 0.1) is 6.92 Å². The van der Waals surface area contributed by atoms with Crippen LogP contribution in [0.1, 0.15) is 22.9 Å². The normalized spacial score (nSPS) is 22.9. The second kappa shape index (κ2) is 6.60. The van der Waals surface area contributed by atoms with Gasteiger partial charge in [0.25, 0.3) is 0 Å². The number of rotatable bonds is 4. The van der Waals surface area contributed by atoms with Gasteiger partial charge in [-0.1, -0.05) is 30.3 Å². The SMILES string of the molecule is Cc1c(CN2CCO[C@H](CO)[C@H]2c2ccccc2)cnn1C. The predicted octanol–water partition coefficient (Wildman–Crippen LogP) is 1.66. The first-order valence-corrected chi connectivity index (χ1v) is 7.69. The topological polar surface area (TPSA) is 50.5 Å². The number of aliphatic hydroxyl groups is 1. The highest BCUT2D eigenvalue weighted by atomic mass is 16.5. The van der Waals surface area contributed by atoms with Crippen molar-refractivity contribution in [1.29, 1.82) is 0 Å². The summed E-state index contributed by atoms with van der Waals surface area (Å²) in [6, 6.07) is 10.4. The molecule has 1 saturated heterocycles. The van der Waals surface area contributed by atoms with Crippen molar-refractivity contribution in [2.45, 2.75) is 25.6 Å². The fourth-order valence-corrected chi connectivity index (χ4v) is 3.11. The number of aliphatic hydroxyl groups excluding tert-OH is 1.